The minimum atomic E-state index is -0.788. The van der Waals surface area contributed by atoms with Gasteiger partial charge in [-0.05, 0) is 30.5 Å². The minimum absolute atomic E-state index is 0.00639. The Morgan fingerprint density at radius 3 is 3.10 bits per heavy atom. The molecule has 5 nitrogen and oxygen atoms in total. The third-order valence-corrected chi connectivity index (χ3v) is 5.90. The fraction of sp³-hybridized carbons (Fsp3) is 0.429. The number of benzene rings is 1. The maximum Gasteiger partial charge on any atom is 0.321 e. The standard InChI is InChI=1S/C14H17N3O2S2/c1-2-9-3-4-11-12(7-9)20-14(16-11)17-13(18)15-10-5-6-21(19)8-10/h3-4,7,10H,2,5-6,8H2,1H3,(H2,15,16,17,18)/t10-,21-/m0/s1. The minimum Gasteiger partial charge on any atom is -0.334 e. The number of aromatic nitrogens is 1. The molecule has 3 rings (SSSR count). The number of aryl methyl sites for hydroxylation is 1. The molecule has 1 aromatic heterocycles. The molecule has 112 valence electrons. The highest BCUT2D eigenvalue weighted by atomic mass is 32.2. The average molecular weight is 323 g/mol. The summed E-state index contributed by atoms with van der Waals surface area (Å²) < 4.78 is 12.4. The highest BCUT2D eigenvalue weighted by Crippen LogP contribution is 2.27. The topological polar surface area (TPSA) is 71.1 Å². The number of anilines is 1. The van der Waals surface area contributed by atoms with Crippen LogP contribution in [0.5, 0.6) is 0 Å². The predicted octanol–water partition coefficient (Wildman–Crippen LogP) is 2.50. The van der Waals surface area contributed by atoms with Crippen molar-refractivity contribution in [3.8, 4) is 0 Å². The van der Waals surface area contributed by atoms with Crippen molar-refractivity contribution in [1.82, 2.24) is 10.3 Å². The normalized spacial score (nSPS) is 21.6. The second-order valence-corrected chi connectivity index (χ2v) is 7.72. The lowest BCUT2D eigenvalue weighted by molar-refractivity contribution is 0.249. The number of nitrogens with one attached hydrogen (secondary N) is 2. The van der Waals surface area contributed by atoms with Crippen molar-refractivity contribution in [2.24, 2.45) is 0 Å². The highest BCUT2D eigenvalue weighted by molar-refractivity contribution is 7.85. The Hall–Kier alpha value is -1.47. The second-order valence-electron chi connectivity index (χ2n) is 5.07. The van der Waals surface area contributed by atoms with Gasteiger partial charge in [0.2, 0.25) is 0 Å². The van der Waals surface area contributed by atoms with Crippen LogP contribution in [-0.2, 0) is 17.2 Å². The number of urea groups is 1. The number of fused-ring (bicyclic) bond motifs is 1. The Bertz CT molecular complexity index is 699. The van der Waals surface area contributed by atoms with E-state index in [0.29, 0.717) is 16.6 Å². The summed E-state index contributed by atoms with van der Waals surface area (Å²) in [5, 5.41) is 6.21. The van der Waals surface area contributed by atoms with Crippen LogP contribution >= 0.6 is 11.3 Å². The summed E-state index contributed by atoms with van der Waals surface area (Å²) in [4.78, 5) is 16.3. The number of amides is 2. The summed E-state index contributed by atoms with van der Waals surface area (Å²) in [5.41, 5.74) is 2.16. The van der Waals surface area contributed by atoms with Crippen molar-refractivity contribution in [1.29, 1.82) is 0 Å². The molecule has 2 atom stereocenters. The van der Waals surface area contributed by atoms with Crippen LogP contribution < -0.4 is 10.6 Å². The summed E-state index contributed by atoms with van der Waals surface area (Å²) in [6.45, 7) is 2.11. The molecule has 0 radical (unpaired) electrons. The summed E-state index contributed by atoms with van der Waals surface area (Å²) in [5.74, 6) is 1.22. The molecular weight excluding hydrogens is 306 g/mol. The molecule has 2 aromatic rings. The molecule has 2 heterocycles. The quantitative estimate of drug-likeness (QED) is 0.911. The van der Waals surface area contributed by atoms with Gasteiger partial charge in [0, 0.05) is 28.3 Å². The van der Waals surface area contributed by atoms with E-state index in [1.165, 1.54) is 16.9 Å². The fourth-order valence-electron chi connectivity index (χ4n) is 2.34. The van der Waals surface area contributed by atoms with E-state index in [-0.39, 0.29) is 12.1 Å². The molecule has 2 amide bonds. The molecule has 1 aliphatic heterocycles. The van der Waals surface area contributed by atoms with Crippen LogP contribution in [0.2, 0.25) is 0 Å². The lowest BCUT2D eigenvalue weighted by atomic mass is 10.2. The van der Waals surface area contributed by atoms with E-state index in [1.54, 1.807) is 0 Å². The van der Waals surface area contributed by atoms with Gasteiger partial charge in [-0.15, -0.1) is 0 Å². The first-order valence-electron chi connectivity index (χ1n) is 6.96. The number of carbonyl (C=O) groups excluding carboxylic acids is 1. The van der Waals surface area contributed by atoms with Crippen molar-refractivity contribution in [2.45, 2.75) is 25.8 Å². The lowest BCUT2D eigenvalue weighted by Gasteiger charge is -2.10. The summed E-state index contributed by atoms with van der Waals surface area (Å²) in [6.07, 6.45) is 1.76. The van der Waals surface area contributed by atoms with Gasteiger partial charge in [0.1, 0.15) is 0 Å². The molecule has 2 N–H and O–H groups in total. The van der Waals surface area contributed by atoms with E-state index in [2.05, 4.69) is 34.7 Å². The molecule has 1 aliphatic rings. The Balaban J connectivity index is 1.66. The number of hydrogen-bond donors (Lipinski definition) is 2. The number of hydrogen-bond acceptors (Lipinski definition) is 4. The third-order valence-electron chi connectivity index (χ3n) is 3.50. The van der Waals surface area contributed by atoms with Crippen LogP contribution in [0.15, 0.2) is 18.2 Å². The van der Waals surface area contributed by atoms with Crippen LogP contribution in [-0.4, -0.2) is 32.8 Å². The van der Waals surface area contributed by atoms with Crippen LogP contribution in [0.4, 0.5) is 9.93 Å². The van der Waals surface area contributed by atoms with Crippen molar-refractivity contribution in [3.63, 3.8) is 0 Å². The molecule has 0 aliphatic carbocycles. The maximum absolute atomic E-state index is 11.9. The fourth-order valence-corrected chi connectivity index (χ4v) is 4.68. The SMILES string of the molecule is CCc1ccc2nc(NC(=O)N[C@H]3CC[S@](=O)C3)sc2c1. The monoisotopic (exact) mass is 323 g/mol. The van der Waals surface area contributed by atoms with Gasteiger partial charge < -0.3 is 5.32 Å². The summed E-state index contributed by atoms with van der Waals surface area (Å²) in [7, 11) is -0.788. The van der Waals surface area contributed by atoms with Gasteiger partial charge in [0.15, 0.2) is 5.13 Å². The Morgan fingerprint density at radius 2 is 2.38 bits per heavy atom. The van der Waals surface area contributed by atoms with Gasteiger partial charge in [-0.25, -0.2) is 9.78 Å². The number of nitrogens with zero attached hydrogens (tertiary/aromatic N) is 1. The molecule has 1 fully saturated rings. The van der Waals surface area contributed by atoms with Gasteiger partial charge in [0.05, 0.1) is 10.2 Å². The van der Waals surface area contributed by atoms with Crippen LogP contribution in [0.1, 0.15) is 18.9 Å². The molecular formula is C14H17N3O2S2. The molecule has 21 heavy (non-hydrogen) atoms. The van der Waals surface area contributed by atoms with E-state index in [0.717, 1.165) is 23.1 Å². The average Bonchev–Trinajstić information content (AvgIpc) is 3.03. The van der Waals surface area contributed by atoms with Crippen molar-refractivity contribution < 1.29 is 9.00 Å². The lowest BCUT2D eigenvalue weighted by Crippen LogP contribution is -2.38. The van der Waals surface area contributed by atoms with E-state index in [9.17, 15) is 9.00 Å². The first-order valence-corrected chi connectivity index (χ1v) is 9.26. The van der Waals surface area contributed by atoms with Gasteiger partial charge in [-0.3, -0.25) is 9.53 Å². The third kappa shape index (κ3) is 3.41. The number of rotatable bonds is 3. The molecule has 0 saturated carbocycles. The molecule has 0 spiro atoms. The van der Waals surface area contributed by atoms with E-state index in [1.807, 2.05) is 6.07 Å². The van der Waals surface area contributed by atoms with Crippen LogP contribution in [0, 0.1) is 0 Å². The Kier molecular flexibility index (Phi) is 4.21. The maximum atomic E-state index is 11.9. The highest BCUT2D eigenvalue weighted by Gasteiger charge is 2.22. The molecule has 0 bridgehead atoms. The number of thiazole rings is 1. The van der Waals surface area contributed by atoms with E-state index >= 15 is 0 Å². The molecule has 1 aromatic carbocycles. The first kappa shape index (κ1) is 14.5. The largest absolute Gasteiger partial charge is 0.334 e. The van der Waals surface area contributed by atoms with Gasteiger partial charge in [-0.1, -0.05) is 24.3 Å². The van der Waals surface area contributed by atoms with Crippen LogP contribution in [0.3, 0.4) is 0 Å². The van der Waals surface area contributed by atoms with Crippen molar-refractivity contribution >= 4 is 43.5 Å². The zero-order valence-corrected chi connectivity index (χ0v) is 13.4. The zero-order valence-electron chi connectivity index (χ0n) is 11.7. The van der Waals surface area contributed by atoms with Gasteiger partial charge in [-0.2, -0.15) is 0 Å². The summed E-state index contributed by atoms with van der Waals surface area (Å²) >= 11 is 1.47. The van der Waals surface area contributed by atoms with E-state index in [4.69, 9.17) is 0 Å². The van der Waals surface area contributed by atoms with Crippen molar-refractivity contribution in [2.75, 3.05) is 16.8 Å². The molecule has 7 heteroatoms. The first-order chi connectivity index (χ1) is 10.1. The van der Waals surface area contributed by atoms with Crippen molar-refractivity contribution in [3.05, 3.63) is 23.8 Å². The Labute approximate surface area is 129 Å². The van der Waals surface area contributed by atoms with Gasteiger partial charge in [0.25, 0.3) is 0 Å². The van der Waals surface area contributed by atoms with Crippen LogP contribution in [0.25, 0.3) is 10.2 Å². The Morgan fingerprint density at radius 1 is 1.52 bits per heavy atom. The molecule has 1 saturated heterocycles. The second kappa shape index (κ2) is 6.11. The molecule has 0 unspecified atom stereocenters. The van der Waals surface area contributed by atoms with E-state index < -0.39 is 10.8 Å². The zero-order chi connectivity index (χ0) is 14.8. The summed E-state index contributed by atoms with van der Waals surface area (Å²) in [6, 6.07) is 5.88. The predicted molar refractivity (Wildman–Crippen MR) is 87.4 cm³/mol. The number of carbonyl (C=O) groups is 1. The van der Waals surface area contributed by atoms with Gasteiger partial charge >= 0.3 is 6.03 Å². The smallest absolute Gasteiger partial charge is 0.321 e.